The predicted molar refractivity (Wildman–Crippen MR) is 79.8 cm³/mol. The maximum absolute atomic E-state index is 3.39. The molecule has 1 nitrogen and oxygen atoms in total. The Hall–Kier alpha value is -0.350. The molecule has 0 fully saturated rings. The van der Waals surface area contributed by atoms with Gasteiger partial charge >= 0.3 is 0 Å². The molecule has 0 spiro atoms. The summed E-state index contributed by atoms with van der Waals surface area (Å²) in [5.41, 5.74) is 1.39. The van der Waals surface area contributed by atoms with Crippen LogP contribution in [0, 0.1) is 3.57 Å². The van der Waals surface area contributed by atoms with Crippen molar-refractivity contribution in [3.63, 3.8) is 0 Å². The zero-order valence-corrected chi connectivity index (χ0v) is 12.0. The van der Waals surface area contributed by atoms with Gasteiger partial charge in [-0.3, -0.25) is 0 Å². The molecule has 1 aromatic carbocycles. The van der Waals surface area contributed by atoms with Gasteiger partial charge in [-0.1, -0.05) is 31.2 Å². The van der Waals surface area contributed by atoms with Crippen molar-refractivity contribution >= 4 is 22.6 Å². The molecule has 88 valence electrons. The molecule has 0 heterocycles. The van der Waals surface area contributed by atoms with E-state index >= 15 is 0 Å². The first-order valence-corrected chi connectivity index (χ1v) is 7.01. The van der Waals surface area contributed by atoms with Crippen LogP contribution in [0.15, 0.2) is 36.4 Å². The number of halogens is 1. The minimum atomic E-state index is 1.05. The topological polar surface area (TPSA) is 12.0 Å². The van der Waals surface area contributed by atoms with Crippen molar-refractivity contribution < 1.29 is 0 Å². The molecule has 2 heteroatoms. The number of hydrogen-bond acceptors (Lipinski definition) is 1. The Kier molecular flexibility index (Phi) is 7.51. The molecule has 0 saturated carbocycles. The molecule has 1 rings (SSSR count). The van der Waals surface area contributed by atoms with E-state index in [0.29, 0.717) is 0 Å². The van der Waals surface area contributed by atoms with E-state index in [0.717, 1.165) is 25.9 Å². The fourth-order valence-electron chi connectivity index (χ4n) is 1.44. The Morgan fingerprint density at radius 2 is 1.88 bits per heavy atom. The number of rotatable bonds is 7. The van der Waals surface area contributed by atoms with Crippen LogP contribution in [0.2, 0.25) is 0 Å². The SMILES string of the molecule is CCCNCCC=CCc1ccc(I)cc1. The minimum Gasteiger partial charge on any atom is -0.316 e. The van der Waals surface area contributed by atoms with Gasteiger partial charge in [0.15, 0.2) is 0 Å². The number of benzene rings is 1. The van der Waals surface area contributed by atoms with E-state index in [4.69, 9.17) is 0 Å². The first-order chi connectivity index (χ1) is 7.83. The summed E-state index contributed by atoms with van der Waals surface area (Å²) < 4.78 is 1.30. The lowest BCUT2D eigenvalue weighted by Gasteiger charge is -1.99. The monoisotopic (exact) mass is 329 g/mol. The third kappa shape index (κ3) is 6.28. The standard InChI is InChI=1S/C14H20IN/c1-2-11-16-12-5-3-4-6-13-7-9-14(15)10-8-13/h3-4,7-10,16H,2,5-6,11-12H2,1H3. The molecular weight excluding hydrogens is 309 g/mol. The van der Waals surface area contributed by atoms with E-state index < -0.39 is 0 Å². The number of hydrogen-bond donors (Lipinski definition) is 1. The molecular formula is C14H20IN. The van der Waals surface area contributed by atoms with Crippen molar-refractivity contribution in [2.45, 2.75) is 26.2 Å². The van der Waals surface area contributed by atoms with Gasteiger partial charge in [0.2, 0.25) is 0 Å². The smallest absolute Gasteiger partial charge is 0.0130 e. The fourth-order valence-corrected chi connectivity index (χ4v) is 1.80. The van der Waals surface area contributed by atoms with E-state index in [1.807, 2.05) is 0 Å². The van der Waals surface area contributed by atoms with E-state index in [2.05, 4.69) is 71.2 Å². The average molecular weight is 329 g/mol. The van der Waals surface area contributed by atoms with Gasteiger partial charge in [-0.05, 0) is 72.6 Å². The van der Waals surface area contributed by atoms with Gasteiger partial charge in [0.1, 0.15) is 0 Å². The molecule has 1 N–H and O–H groups in total. The number of nitrogens with one attached hydrogen (secondary N) is 1. The average Bonchev–Trinajstić information content (AvgIpc) is 2.30. The van der Waals surface area contributed by atoms with Crippen LogP contribution in [-0.4, -0.2) is 13.1 Å². The Labute approximate surface area is 112 Å². The largest absolute Gasteiger partial charge is 0.316 e. The lowest BCUT2D eigenvalue weighted by molar-refractivity contribution is 0.678. The van der Waals surface area contributed by atoms with Gasteiger partial charge in [0.25, 0.3) is 0 Å². The highest BCUT2D eigenvalue weighted by molar-refractivity contribution is 14.1. The van der Waals surface area contributed by atoms with Crippen molar-refractivity contribution in [3.8, 4) is 0 Å². The second-order valence-corrected chi connectivity index (χ2v) is 5.09. The van der Waals surface area contributed by atoms with Gasteiger partial charge in [0.05, 0.1) is 0 Å². The van der Waals surface area contributed by atoms with Crippen LogP contribution in [-0.2, 0) is 6.42 Å². The zero-order valence-electron chi connectivity index (χ0n) is 9.88. The van der Waals surface area contributed by atoms with Crippen molar-refractivity contribution in [2.24, 2.45) is 0 Å². The summed E-state index contributed by atoms with van der Waals surface area (Å²) in [6, 6.07) is 8.71. The third-order valence-electron chi connectivity index (χ3n) is 2.35. The summed E-state index contributed by atoms with van der Waals surface area (Å²) in [6.45, 7) is 4.42. The Morgan fingerprint density at radius 3 is 2.56 bits per heavy atom. The maximum atomic E-state index is 3.39. The van der Waals surface area contributed by atoms with Crippen LogP contribution >= 0.6 is 22.6 Å². The van der Waals surface area contributed by atoms with Crippen LogP contribution < -0.4 is 5.32 Å². The maximum Gasteiger partial charge on any atom is 0.0130 e. The lowest BCUT2D eigenvalue weighted by Crippen LogP contribution is -2.14. The first kappa shape index (κ1) is 13.7. The molecule has 0 aliphatic rings. The van der Waals surface area contributed by atoms with Gasteiger partial charge in [-0.25, -0.2) is 0 Å². The van der Waals surface area contributed by atoms with E-state index in [1.165, 1.54) is 15.6 Å². The quantitative estimate of drug-likeness (QED) is 0.456. The highest BCUT2D eigenvalue weighted by Crippen LogP contribution is 2.07. The number of allylic oxidation sites excluding steroid dienone is 1. The molecule has 0 amide bonds. The molecule has 0 aromatic heterocycles. The summed E-state index contributed by atoms with van der Waals surface area (Å²) >= 11 is 2.33. The van der Waals surface area contributed by atoms with Gasteiger partial charge in [-0.15, -0.1) is 0 Å². The van der Waals surface area contributed by atoms with Crippen molar-refractivity contribution in [1.29, 1.82) is 0 Å². The molecule has 0 aliphatic heterocycles. The van der Waals surface area contributed by atoms with Gasteiger partial charge in [0, 0.05) is 3.57 Å². The highest BCUT2D eigenvalue weighted by Gasteiger charge is 1.89. The van der Waals surface area contributed by atoms with Crippen molar-refractivity contribution in [3.05, 3.63) is 45.6 Å². The highest BCUT2D eigenvalue weighted by atomic mass is 127. The lowest BCUT2D eigenvalue weighted by atomic mass is 10.1. The Morgan fingerprint density at radius 1 is 1.12 bits per heavy atom. The van der Waals surface area contributed by atoms with Gasteiger partial charge in [-0.2, -0.15) is 0 Å². The van der Waals surface area contributed by atoms with E-state index in [9.17, 15) is 0 Å². The minimum absolute atomic E-state index is 1.05. The molecule has 0 radical (unpaired) electrons. The Balaban J connectivity index is 2.14. The third-order valence-corrected chi connectivity index (χ3v) is 3.07. The Bertz CT molecular complexity index is 303. The van der Waals surface area contributed by atoms with Crippen molar-refractivity contribution in [1.82, 2.24) is 5.32 Å². The van der Waals surface area contributed by atoms with Crippen LogP contribution in [0.25, 0.3) is 0 Å². The second-order valence-electron chi connectivity index (χ2n) is 3.84. The normalized spacial score (nSPS) is 11.1. The molecule has 0 aliphatic carbocycles. The molecule has 16 heavy (non-hydrogen) atoms. The van der Waals surface area contributed by atoms with Crippen LogP contribution in [0.5, 0.6) is 0 Å². The van der Waals surface area contributed by atoms with Crippen LogP contribution in [0.3, 0.4) is 0 Å². The second kappa shape index (κ2) is 8.76. The molecule has 1 aromatic rings. The van der Waals surface area contributed by atoms with E-state index in [1.54, 1.807) is 0 Å². The van der Waals surface area contributed by atoms with E-state index in [-0.39, 0.29) is 0 Å². The van der Waals surface area contributed by atoms with Crippen molar-refractivity contribution in [2.75, 3.05) is 13.1 Å². The first-order valence-electron chi connectivity index (χ1n) is 5.93. The molecule has 0 unspecified atom stereocenters. The fraction of sp³-hybridized carbons (Fsp3) is 0.429. The van der Waals surface area contributed by atoms with Gasteiger partial charge < -0.3 is 5.32 Å². The van der Waals surface area contributed by atoms with Crippen LogP contribution in [0.4, 0.5) is 0 Å². The predicted octanol–water partition coefficient (Wildman–Crippen LogP) is 3.78. The molecule has 0 atom stereocenters. The summed E-state index contributed by atoms with van der Waals surface area (Å²) in [6.07, 6.45) is 7.91. The summed E-state index contributed by atoms with van der Waals surface area (Å²) in [5.74, 6) is 0. The summed E-state index contributed by atoms with van der Waals surface area (Å²) in [4.78, 5) is 0. The van der Waals surface area contributed by atoms with Crippen LogP contribution in [0.1, 0.15) is 25.3 Å². The molecule has 0 bridgehead atoms. The summed E-state index contributed by atoms with van der Waals surface area (Å²) in [5, 5.41) is 3.39. The summed E-state index contributed by atoms with van der Waals surface area (Å²) in [7, 11) is 0. The zero-order chi connectivity index (χ0) is 11.6. The molecule has 0 saturated heterocycles.